The largest absolute Gasteiger partial charge is 0.351 e. The minimum absolute atomic E-state index is 0. The van der Waals surface area contributed by atoms with Crippen LogP contribution < -0.4 is 10.6 Å². The molecule has 1 rings (SSSR count). The molecule has 0 bridgehead atoms. The quantitative estimate of drug-likeness (QED) is 0.803. The third-order valence-electron chi connectivity index (χ3n) is 1.85. The Balaban J connectivity index is 0. The van der Waals surface area contributed by atoms with Gasteiger partial charge in [0.05, 0.1) is 0 Å². The van der Waals surface area contributed by atoms with Crippen molar-refractivity contribution in [2.24, 2.45) is 0 Å². The molecule has 17 heavy (non-hydrogen) atoms. The van der Waals surface area contributed by atoms with Crippen molar-refractivity contribution in [2.75, 3.05) is 20.1 Å². The van der Waals surface area contributed by atoms with E-state index in [0.717, 1.165) is 17.4 Å². The number of pyridine rings is 1. The Bertz CT molecular complexity index is 322. The van der Waals surface area contributed by atoms with Crippen LogP contribution in [-0.2, 0) is 0 Å². The van der Waals surface area contributed by atoms with Crippen molar-refractivity contribution in [1.82, 2.24) is 15.6 Å². The molecule has 0 spiro atoms. The number of nitrogens with zero attached hydrogens (tertiary/aromatic N) is 1. The molecule has 0 saturated heterocycles. The van der Waals surface area contributed by atoms with Crippen LogP contribution in [0.1, 0.15) is 16.9 Å². The molecule has 0 atom stereocenters. The summed E-state index contributed by atoms with van der Waals surface area (Å²) >= 11 is 3.27. The van der Waals surface area contributed by atoms with E-state index in [1.165, 1.54) is 0 Å². The topological polar surface area (TPSA) is 54.0 Å². The minimum Gasteiger partial charge on any atom is -0.351 e. The van der Waals surface area contributed by atoms with Crippen molar-refractivity contribution >= 4 is 46.7 Å². The fraction of sp³-hybridized carbons (Fsp3) is 0.400. The number of carbonyl (C=O) groups excluding carboxylic acids is 1. The van der Waals surface area contributed by atoms with Crippen LogP contribution in [0.5, 0.6) is 0 Å². The monoisotopic (exact) mass is 343 g/mol. The first kappa shape index (κ1) is 19.0. The van der Waals surface area contributed by atoms with Gasteiger partial charge in [-0.25, -0.2) is 4.98 Å². The summed E-state index contributed by atoms with van der Waals surface area (Å²) in [5, 5.41) is 5.81. The van der Waals surface area contributed by atoms with E-state index in [1.807, 2.05) is 7.05 Å². The van der Waals surface area contributed by atoms with Gasteiger partial charge in [-0.3, -0.25) is 4.79 Å². The average Bonchev–Trinajstić information content (AvgIpc) is 2.25. The van der Waals surface area contributed by atoms with E-state index in [0.29, 0.717) is 12.2 Å². The fourth-order valence-corrected chi connectivity index (χ4v) is 1.30. The second-order valence-electron chi connectivity index (χ2n) is 3.07. The molecule has 0 aliphatic heterocycles. The highest BCUT2D eigenvalue weighted by Crippen LogP contribution is 2.06. The first-order valence-electron chi connectivity index (χ1n) is 4.78. The van der Waals surface area contributed by atoms with Gasteiger partial charge >= 0.3 is 0 Å². The molecule has 2 N–H and O–H groups in total. The minimum atomic E-state index is -0.126. The summed E-state index contributed by atoms with van der Waals surface area (Å²) in [4.78, 5) is 15.5. The van der Waals surface area contributed by atoms with Gasteiger partial charge in [0.25, 0.3) is 5.91 Å². The number of rotatable bonds is 5. The normalized spacial score (nSPS) is 8.82. The van der Waals surface area contributed by atoms with Gasteiger partial charge in [0.15, 0.2) is 0 Å². The number of carbonyl (C=O) groups is 1. The Labute approximate surface area is 122 Å². The summed E-state index contributed by atoms with van der Waals surface area (Å²) in [6.45, 7) is 1.56. The fourth-order valence-electron chi connectivity index (χ4n) is 1.07. The lowest BCUT2D eigenvalue weighted by Gasteiger charge is -2.04. The zero-order chi connectivity index (χ0) is 11.1. The van der Waals surface area contributed by atoms with E-state index in [9.17, 15) is 4.79 Å². The van der Waals surface area contributed by atoms with Crippen LogP contribution in [0.2, 0.25) is 0 Å². The molecule has 1 amide bonds. The lowest BCUT2D eigenvalue weighted by Crippen LogP contribution is -2.27. The average molecular weight is 345 g/mol. The molecule has 1 aromatic rings. The molecule has 0 aromatic carbocycles. The molecule has 0 fully saturated rings. The highest BCUT2D eigenvalue weighted by molar-refractivity contribution is 9.10. The third-order valence-corrected chi connectivity index (χ3v) is 2.32. The summed E-state index contributed by atoms with van der Waals surface area (Å²) in [7, 11) is 1.89. The molecule has 1 heterocycles. The molecule has 0 aliphatic carbocycles. The number of amides is 1. The van der Waals surface area contributed by atoms with Gasteiger partial charge < -0.3 is 10.6 Å². The van der Waals surface area contributed by atoms with Gasteiger partial charge in [0, 0.05) is 17.2 Å². The van der Waals surface area contributed by atoms with Crippen molar-refractivity contribution in [1.29, 1.82) is 0 Å². The predicted molar refractivity (Wildman–Crippen MR) is 77.3 cm³/mol. The second kappa shape index (κ2) is 10.8. The summed E-state index contributed by atoms with van der Waals surface area (Å²) in [5.74, 6) is -0.126. The highest BCUT2D eigenvalue weighted by atomic mass is 79.9. The van der Waals surface area contributed by atoms with Crippen LogP contribution in [0, 0.1) is 0 Å². The van der Waals surface area contributed by atoms with E-state index >= 15 is 0 Å². The van der Waals surface area contributed by atoms with E-state index in [2.05, 4.69) is 31.5 Å². The van der Waals surface area contributed by atoms with E-state index in [-0.39, 0.29) is 30.7 Å². The van der Waals surface area contributed by atoms with Gasteiger partial charge in [-0.15, -0.1) is 24.8 Å². The lowest BCUT2D eigenvalue weighted by molar-refractivity contribution is 0.0948. The standard InChI is InChI=1S/C10H14BrN3O.2ClH/c1-12-5-2-6-13-10(15)9-4-3-8(11)7-14-9;;/h3-4,7,12H,2,5-6H2,1H3,(H,13,15);2*1H. The van der Waals surface area contributed by atoms with Crippen molar-refractivity contribution in [2.45, 2.75) is 6.42 Å². The van der Waals surface area contributed by atoms with Crippen LogP contribution in [0.3, 0.4) is 0 Å². The van der Waals surface area contributed by atoms with E-state index in [1.54, 1.807) is 18.3 Å². The summed E-state index contributed by atoms with van der Waals surface area (Å²) in [5.41, 5.74) is 0.447. The zero-order valence-electron chi connectivity index (χ0n) is 9.40. The molecule has 98 valence electrons. The van der Waals surface area contributed by atoms with Crippen molar-refractivity contribution < 1.29 is 4.79 Å². The maximum Gasteiger partial charge on any atom is 0.269 e. The van der Waals surface area contributed by atoms with Crippen molar-refractivity contribution in [3.63, 3.8) is 0 Å². The SMILES string of the molecule is CNCCCNC(=O)c1ccc(Br)cn1.Cl.Cl. The summed E-state index contributed by atoms with van der Waals surface area (Å²) < 4.78 is 0.870. The maximum absolute atomic E-state index is 11.5. The van der Waals surface area contributed by atoms with Gasteiger partial charge in [0.2, 0.25) is 0 Å². The summed E-state index contributed by atoms with van der Waals surface area (Å²) in [6.07, 6.45) is 2.53. The molecule has 0 saturated carbocycles. The number of halogens is 3. The van der Waals surface area contributed by atoms with Gasteiger partial charge in [0.1, 0.15) is 5.69 Å². The molecule has 7 heteroatoms. The van der Waals surface area contributed by atoms with Crippen LogP contribution in [0.4, 0.5) is 0 Å². The number of aromatic nitrogens is 1. The third kappa shape index (κ3) is 7.54. The van der Waals surface area contributed by atoms with Crippen LogP contribution in [0.15, 0.2) is 22.8 Å². The Morgan fingerprint density at radius 1 is 1.35 bits per heavy atom. The van der Waals surface area contributed by atoms with Gasteiger partial charge in [-0.1, -0.05) is 0 Å². The Morgan fingerprint density at radius 3 is 2.59 bits per heavy atom. The highest BCUT2D eigenvalue weighted by Gasteiger charge is 2.04. The van der Waals surface area contributed by atoms with Gasteiger partial charge in [-0.05, 0) is 48.1 Å². The Hall–Kier alpha value is -0.360. The summed E-state index contributed by atoms with van der Waals surface area (Å²) in [6, 6.07) is 3.49. The smallest absolute Gasteiger partial charge is 0.269 e. The van der Waals surface area contributed by atoms with Crippen molar-refractivity contribution in [3.8, 4) is 0 Å². The van der Waals surface area contributed by atoms with E-state index in [4.69, 9.17) is 0 Å². The van der Waals surface area contributed by atoms with E-state index < -0.39 is 0 Å². The molecule has 4 nitrogen and oxygen atoms in total. The molecular weight excluding hydrogens is 329 g/mol. The maximum atomic E-state index is 11.5. The number of hydrogen-bond acceptors (Lipinski definition) is 3. The Morgan fingerprint density at radius 2 is 2.06 bits per heavy atom. The number of hydrogen-bond donors (Lipinski definition) is 2. The number of nitrogens with one attached hydrogen (secondary N) is 2. The van der Waals surface area contributed by atoms with Gasteiger partial charge in [-0.2, -0.15) is 0 Å². The molecular formula is C10H16BrCl2N3O. The second-order valence-corrected chi connectivity index (χ2v) is 3.99. The molecule has 0 radical (unpaired) electrons. The first-order valence-corrected chi connectivity index (χ1v) is 5.57. The Kier molecular flexibility index (Phi) is 12.0. The lowest BCUT2D eigenvalue weighted by atomic mass is 10.3. The zero-order valence-corrected chi connectivity index (χ0v) is 12.6. The van der Waals surface area contributed by atoms with Crippen molar-refractivity contribution in [3.05, 3.63) is 28.5 Å². The van der Waals surface area contributed by atoms with Crippen LogP contribution in [0.25, 0.3) is 0 Å². The predicted octanol–water partition coefficient (Wildman–Crippen LogP) is 2.03. The molecule has 0 unspecified atom stereocenters. The van der Waals surface area contributed by atoms with Crippen LogP contribution >= 0.6 is 40.7 Å². The molecule has 1 aromatic heterocycles. The molecule has 0 aliphatic rings. The first-order chi connectivity index (χ1) is 7.24. The van der Waals surface area contributed by atoms with Crippen LogP contribution in [-0.4, -0.2) is 31.0 Å².